The number of aromatic amines is 1. The van der Waals surface area contributed by atoms with Crippen LogP contribution in [0.25, 0.3) is 0 Å². The van der Waals surface area contributed by atoms with Crippen LogP contribution in [0.2, 0.25) is 23.2 Å². The maximum Gasteiger partial charge on any atom is 0.303 e. The monoisotopic (exact) mass is 426 g/mol. The summed E-state index contributed by atoms with van der Waals surface area (Å²) in [4.78, 5) is 20.1. The fraction of sp³-hybridized carbons (Fsp3) is 0.474. The van der Waals surface area contributed by atoms with Gasteiger partial charge in [0.2, 0.25) is 0 Å². The lowest BCUT2D eigenvalue weighted by Gasteiger charge is -2.35. The molecule has 0 aliphatic rings. The molecule has 27 heavy (non-hydrogen) atoms. The number of ether oxygens (including phenoxy) is 1. The molecule has 148 valence electrons. The number of hydrogen-bond acceptors (Lipinski definition) is 5. The number of halogens is 1. The highest BCUT2D eigenvalue weighted by molar-refractivity contribution is 7.99. The molecule has 1 aromatic heterocycles. The number of imidazole rings is 1. The molecule has 1 N–H and O–H groups in total. The third-order valence-corrected chi connectivity index (χ3v) is 10.3. The number of benzene rings is 1. The number of aromatic nitrogens is 2. The Balaban J connectivity index is 2.20. The van der Waals surface area contributed by atoms with Crippen LogP contribution in [0.4, 0.5) is 0 Å². The van der Waals surface area contributed by atoms with E-state index < -0.39 is 8.32 Å². The zero-order valence-electron chi connectivity index (χ0n) is 16.7. The highest BCUT2D eigenvalue weighted by Crippen LogP contribution is 2.37. The van der Waals surface area contributed by atoms with Gasteiger partial charge in [-0.3, -0.25) is 4.79 Å². The van der Waals surface area contributed by atoms with Crippen LogP contribution in [0.15, 0.2) is 34.2 Å². The third kappa shape index (κ3) is 6.38. The van der Waals surface area contributed by atoms with E-state index in [-0.39, 0.29) is 17.6 Å². The van der Waals surface area contributed by atoms with Crippen molar-refractivity contribution in [2.24, 2.45) is 0 Å². The fourth-order valence-corrected chi connectivity index (χ4v) is 4.12. The lowest BCUT2D eigenvalue weighted by atomic mass is 10.2. The van der Waals surface area contributed by atoms with Crippen LogP contribution in [-0.2, 0) is 27.2 Å². The third-order valence-electron chi connectivity index (χ3n) is 4.59. The van der Waals surface area contributed by atoms with Crippen molar-refractivity contribution in [2.75, 3.05) is 0 Å². The maximum atomic E-state index is 11.2. The molecule has 0 amide bonds. The topological polar surface area (TPSA) is 64.2 Å². The second-order valence-electron chi connectivity index (χ2n) is 7.85. The summed E-state index contributed by atoms with van der Waals surface area (Å²) in [7, 11) is -1.88. The van der Waals surface area contributed by atoms with Crippen molar-refractivity contribution in [3.05, 3.63) is 40.8 Å². The van der Waals surface area contributed by atoms with Crippen molar-refractivity contribution in [3.8, 4) is 0 Å². The molecule has 0 unspecified atom stereocenters. The average Bonchev–Trinajstić information content (AvgIpc) is 2.92. The van der Waals surface area contributed by atoms with Gasteiger partial charge in [-0.1, -0.05) is 50.2 Å². The molecule has 1 aromatic carbocycles. The van der Waals surface area contributed by atoms with E-state index in [9.17, 15) is 4.79 Å². The van der Waals surface area contributed by atoms with Crippen molar-refractivity contribution in [2.45, 2.75) is 69.0 Å². The van der Waals surface area contributed by atoms with Crippen LogP contribution >= 0.6 is 23.4 Å². The molecule has 0 aliphatic heterocycles. The molecule has 0 radical (unpaired) electrons. The van der Waals surface area contributed by atoms with Crippen LogP contribution in [0.5, 0.6) is 0 Å². The van der Waals surface area contributed by atoms with Crippen molar-refractivity contribution in [1.29, 1.82) is 0 Å². The number of H-pyrrole nitrogens is 1. The first-order chi connectivity index (χ1) is 12.5. The number of carbonyl (C=O) groups excluding carboxylic acids is 1. The molecular weight excluding hydrogens is 400 g/mol. The number of carbonyl (C=O) groups is 1. The molecule has 1 heterocycles. The van der Waals surface area contributed by atoms with Gasteiger partial charge in [0.15, 0.2) is 8.32 Å². The first-order valence-electron chi connectivity index (χ1n) is 8.76. The SMILES string of the molecule is CC(=O)OCc1nc(CO[Si](C)(C)C(C)(C)C)[nH]c1Sc1cccc(Cl)c1. The summed E-state index contributed by atoms with van der Waals surface area (Å²) in [6.07, 6.45) is 0. The highest BCUT2D eigenvalue weighted by Gasteiger charge is 2.37. The van der Waals surface area contributed by atoms with Gasteiger partial charge in [-0.2, -0.15) is 0 Å². The van der Waals surface area contributed by atoms with Gasteiger partial charge in [-0.05, 0) is 36.3 Å². The van der Waals surface area contributed by atoms with Gasteiger partial charge in [-0.15, -0.1) is 0 Å². The van der Waals surface area contributed by atoms with E-state index in [1.807, 2.05) is 24.3 Å². The van der Waals surface area contributed by atoms with E-state index in [2.05, 4.69) is 43.8 Å². The molecule has 8 heteroatoms. The molecule has 2 rings (SSSR count). The number of esters is 1. The van der Waals surface area contributed by atoms with Crippen LogP contribution in [0.1, 0.15) is 39.2 Å². The van der Waals surface area contributed by atoms with Gasteiger partial charge < -0.3 is 14.1 Å². The lowest BCUT2D eigenvalue weighted by Crippen LogP contribution is -2.40. The van der Waals surface area contributed by atoms with Crippen molar-refractivity contribution < 1.29 is 14.0 Å². The molecule has 0 saturated heterocycles. The smallest absolute Gasteiger partial charge is 0.303 e. The molecular formula is C19H27ClN2O3SSi. The minimum absolute atomic E-state index is 0.120. The largest absolute Gasteiger partial charge is 0.459 e. The van der Waals surface area contributed by atoms with E-state index >= 15 is 0 Å². The first kappa shape index (κ1) is 22.0. The number of nitrogens with zero attached hydrogens (tertiary/aromatic N) is 1. The Bertz CT molecular complexity index is 802. The average molecular weight is 427 g/mol. The molecule has 0 aliphatic carbocycles. The van der Waals surface area contributed by atoms with Crippen LogP contribution in [0.3, 0.4) is 0 Å². The van der Waals surface area contributed by atoms with E-state index in [0.717, 1.165) is 15.7 Å². The van der Waals surface area contributed by atoms with Gasteiger partial charge in [-0.25, -0.2) is 4.98 Å². The Kier molecular flexibility index (Phi) is 7.19. The minimum Gasteiger partial charge on any atom is -0.459 e. The Labute approximate surface area is 171 Å². The summed E-state index contributed by atoms with van der Waals surface area (Å²) in [5, 5.41) is 1.62. The van der Waals surface area contributed by atoms with Crippen LogP contribution in [0, 0.1) is 0 Å². The van der Waals surface area contributed by atoms with Gasteiger partial charge in [0.05, 0.1) is 6.61 Å². The lowest BCUT2D eigenvalue weighted by molar-refractivity contribution is -0.142. The molecule has 5 nitrogen and oxygen atoms in total. The molecule has 0 spiro atoms. The van der Waals surface area contributed by atoms with Crippen molar-refractivity contribution in [1.82, 2.24) is 9.97 Å². The highest BCUT2D eigenvalue weighted by atomic mass is 35.5. The summed E-state index contributed by atoms with van der Waals surface area (Å²) in [5.41, 5.74) is 0.684. The molecule has 2 aromatic rings. The number of nitrogens with one attached hydrogen (secondary N) is 1. The molecule has 0 bridgehead atoms. The van der Waals surface area contributed by atoms with Gasteiger partial charge >= 0.3 is 5.97 Å². The van der Waals surface area contributed by atoms with Gasteiger partial charge in [0, 0.05) is 16.8 Å². The van der Waals surface area contributed by atoms with Gasteiger partial charge in [0.1, 0.15) is 23.2 Å². The predicted octanol–water partition coefficient (Wildman–Crippen LogP) is 5.80. The van der Waals surface area contributed by atoms with E-state index in [4.69, 9.17) is 20.8 Å². The van der Waals surface area contributed by atoms with Crippen LogP contribution in [-0.4, -0.2) is 24.3 Å². The summed E-state index contributed by atoms with van der Waals surface area (Å²) in [6, 6.07) is 7.58. The second-order valence-corrected chi connectivity index (χ2v) is 14.2. The van der Waals surface area contributed by atoms with E-state index in [1.54, 1.807) is 0 Å². The predicted molar refractivity (Wildman–Crippen MR) is 112 cm³/mol. The Hall–Kier alpha value is -1.28. The van der Waals surface area contributed by atoms with Crippen LogP contribution < -0.4 is 0 Å². The number of hydrogen-bond donors (Lipinski definition) is 1. The molecule has 0 saturated carbocycles. The van der Waals surface area contributed by atoms with Crippen molar-refractivity contribution in [3.63, 3.8) is 0 Å². The van der Waals surface area contributed by atoms with Gasteiger partial charge in [0.25, 0.3) is 0 Å². The fourth-order valence-electron chi connectivity index (χ4n) is 1.98. The normalized spacial score (nSPS) is 12.3. The summed E-state index contributed by atoms with van der Waals surface area (Å²) in [5.74, 6) is 0.391. The number of rotatable bonds is 7. The maximum absolute atomic E-state index is 11.2. The molecule has 0 atom stereocenters. The Morgan fingerprint density at radius 2 is 2.00 bits per heavy atom. The first-order valence-corrected chi connectivity index (χ1v) is 12.9. The van der Waals surface area contributed by atoms with E-state index in [1.165, 1.54) is 18.7 Å². The Morgan fingerprint density at radius 3 is 2.59 bits per heavy atom. The molecule has 0 fully saturated rings. The zero-order valence-corrected chi connectivity index (χ0v) is 19.3. The van der Waals surface area contributed by atoms with E-state index in [0.29, 0.717) is 17.3 Å². The Morgan fingerprint density at radius 1 is 1.30 bits per heavy atom. The summed E-state index contributed by atoms with van der Waals surface area (Å²) in [6.45, 7) is 12.9. The zero-order chi connectivity index (χ0) is 20.2. The summed E-state index contributed by atoms with van der Waals surface area (Å²) >= 11 is 7.58. The summed E-state index contributed by atoms with van der Waals surface area (Å²) < 4.78 is 11.4. The second kappa shape index (κ2) is 8.81. The van der Waals surface area contributed by atoms with Crippen molar-refractivity contribution >= 4 is 37.6 Å². The standard InChI is InChI=1S/C19H27ClN2O3SSi/c1-13(23)24-11-16-18(26-15-9-7-8-14(20)10-15)22-17(21-16)12-25-27(5,6)19(2,3)4/h7-10H,11-12H2,1-6H3,(H,21,22). The minimum atomic E-state index is -1.88. The quantitative estimate of drug-likeness (QED) is 0.447.